The Kier molecular flexibility index (Phi) is 6.53. The van der Waals surface area contributed by atoms with Gasteiger partial charge in [0.2, 0.25) is 5.91 Å². The van der Waals surface area contributed by atoms with Crippen molar-refractivity contribution in [2.45, 2.75) is 53.9 Å². The maximum Gasteiger partial charge on any atom is 0.229 e. The minimum Gasteiger partial charge on any atom is -0.384 e. The first-order valence-corrected chi connectivity index (χ1v) is 11.1. The summed E-state index contributed by atoms with van der Waals surface area (Å²) in [5.74, 6) is -0.409. The van der Waals surface area contributed by atoms with E-state index in [4.69, 9.17) is 10.1 Å². The lowest BCUT2D eigenvalue weighted by Gasteiger charge is -2.27. The van der Waals surface area contributed by atoms with Gasteiger partial charge in [-0.2, -0.15) is 0 Å². The van der Waals surface area contributed by atoms with Crippen molar-refractivity contribution in [3.8, 4) is 5.69 Å². The second-order valence-corrected chi connectivity index (χ2v) is 10.3. The number of ether oxygens (including phenoxy) is 1. The zero-order valence-corrected chi connectivity index (χ0v) is 20.8. The van der Waals surface area contributed by atoms with Crippen molar-refractivity contribution in [2.75, 3.05) is 19.0 Å². The maximum atomic E-state index is 13.7. The molecule has 0 atom stereocenters. The van der Waals surface area contributed by atoms with Crippen LogP contribution in [0.4, 0.5) is 10.1 Å². The fourth-order valence-electron chi connectivity index (χ4n) is 4.31. The van der Waals surface area contributed by atoms with E-state index in [2.05, 4.69) is 30.7 Å². The van der Waals surface area contributed by atoms with E-state index in [-0.39, 0.29) is 17.1 Å². The molecule has 176 valence electrons. The molecule has 0 spiro atoms. The molecule has 3 rings (SSSR count). The van der Waals surface area contributed by atoms with Gasteiger partial charge in [0.1, 0.15) is 5.82 Å². The second-order valence-electron chi connectivity index (χ2n) is 10.3. The lowest BCUT2D eigenvalue weighted by molar-refractivity contribution is -0.123. The predicted molar refractivity (Wildman–Crippen MR) is 133 cm³/mol. The quantitative estimate of drug-likeness (QED) is 0.427. The number of hydrogen-bond donors (Lipinski definition) is 2. The van der Waals surface area contributed by atoms with Crippen LogP contribution in [0.2, 0.25) is 0 Å². The monoisotopic (exact) mass is 451 g/mol. The molecule has 1 amide bonds. The number of halogens is 1. The van der Waals surface area contributed by atoms with Gasteiger partial charge in [-0.25, -0.2) is 4.39 Å². The van der Waals surface area contributed by atoms with Crippen LogP contribution in [0.5, 0.6) is 0 Å². The number of carbonyl (C=O) groups excluding carboxylic acids is 1. The minimum atomic E-state index is -0.567. The van der Waals surface area contributed by atoms with E-state index in [0.717, 1.165) is 27.8 Å². The molecule has 0 bridgehead atoms. The summed E-state index contributed by atoms with van der Waals surface area (Å²) in [6.45, 7) is 14.1. The van der Waals surface area contributed by atoms with Crippen molar-refractivity contribution in [2.24, 2.45) is 5.41 Å². The average molecular weight is 452 g/mol. The number of nitrogens with zero attached hydrogens (tertiary/aromatic N) is 1. The number of methoxy groups -OCH3 is 1. The number of rotatable bonds is 6. The van der Waals surface area contributed by atoms with Crippen LogP contribution < -0.4 is 5.32 Å². The Morgan fingerprint density at radius 2 is 1.73 bits per heavy atom. The lowest BCUT2D eigenvalue weighted by Crippen LogP contribution is -2.28. The Morgan fingerprint density at radius 1 is 1.12 bits per heavy atom. The zero-order chi connectivity index (χ0) is 24.7. The topological polar surface area (TPSA) is 67.1 Å². The van der Waals surface area contributed by atoms with Crippen LogP contribution in [0.1, 0.15) is 58.4 Å². The molecule has 0 saturated carbocycles. The summed E-state index contributed by atoms with van der Waals surface area (Å²) in [7, 11) is 1.68. The molecule has 6 heteroatoms. The number of aromatic nitrogens is 1. The molecular formula is C27H34FN3O2. The van der Waals surface area contributed by atoms with E-state index in [1.165, 1.54) is 12.1 Å². The van der Waals surface area contributed by atoms with Crippen LogP contribution in [0, 0.1) is 23.6 Å². The summed E-state index contributed by atoms with van der Waals surface area (Å²) >= 11 is 0. The smallest absolute Gasteiger partial charge is 0.229 e. The third-order valence-corrected chi connectivity index (χ3v) is 5.92. The first kappa shape index (κ1) is 24.6. The normalized spacial score (nSPS) is 12.3. The first-order chi connectivity index (χ1) is 15.3. The average Bonchev–Trinajstić information content (AvgIpc) is 2.99. The van der Waals surface area contributed by atoms with Crippen LogP contribution in [0.15, 0.2) is 36.4 Å². The van der Waals surface area contributed by atoms with Crippen LogP contribution in [-0.4, -0.2) is 29.9 Å². The molecule has 3 aromatic rings. The molecule has 2 N–H and O–H groups in total. The molecule has 0 fully saturated rings. The van der Waals surface area contributed by atoms with Gasteiger partial charge in [0, 0.05) is 46.0 Å². The molecular weight excluding hydrogens is 417 g/mol. The van der Waals surface area contributed by atoms with Crippen molar-refractivity contribution >= 4 is 28.2 Å². The van der Waals surface area contributed by atoms with Crippen molar-refractivity contribution in [1.29, 1.82) is 5.41 Å². The highest BCUT2D eigenvalue weighted by Crippen LogP contribution is 2.39. The Morgan fingerprint density at radius 3 is 2.24 bits per heavy atom. The van der Waals surface area contributed by atoms with Gasteiger partial charge in [-0.05, 0) is 55.8 Å². The zero-order valence-electron chi connectivity index (χ0n) is 20.8. The highest BCUT2D eigenvalue weighted by Gasteiger charge is 2.31. The number of nitrogens with one attached hydrogen (secondary N) is 2. The van der Waals surface area contributed by atoms with E-state index in [1.54, 1.807) is 26.2 Å². The van der Waals surface area contributed by atoms with Crippen LogP contribution >= 0.6 is 0 Å². The molecule has 0 aliphatic rings. The molecule has 1 aromatic heterocycles. The Hall–Kier alpha value is -2.99. The van der Waals surface area contributed by atoms with E-state index in [9.17, 15) is 9.18 Å². The largest absolute Gasteiger partial charge is 0.384 e. The number of aryl methyl sites for hydroxylation is 1. The molecule has 33 heavy (non-hydrogen) atoms. The van der Waals surface area contributed by atoms with Crippen molar-refractivity contribution < 1.29 is 13.9 Å². The summed E-state index contributed by atoms with van der Waals surface area (Å²) in [4.78, 5) is 12.8. The summed E-state index contributed by atoms with van der Waals surface area (Å²) < 4.78 is 21.4. The Labute approximate surface area is 195 Å². The van der Waals surface area contributed by atoms with Gasteiger partial charge < -0.3 is 20.0 Å². The summed E-state index contributed by atoms with van der Waals surface area (Å²) in [6, 6.07) is 10.3. The molecule has 0 radical (unpaired) electrons. The standard InChI is InChI=1S/C27H34FN3O2/c1-16-20-13-22(30-25(32)26(3,4)5)21(17(2)29)14-23(20)31(19-11-9-18(28)10-12-19)24(16)27(6,7)15-33-8/h9-14,29H,15H2,1-8H3,(H,30,32). The predicted octanol–water partition coefficient (Wildman–Crippen LogP) is 6.37. The molecule has 0 aliphatic heterocycles. The van der Waals surface area contributed by atoms with Gasteiger partial charge in [-0.1, -0.05) is 34.6 Å². The number of benzene rings is 2. The highest BCUT2D eigenvalue weighted by atomic mass is 19.1. The first-order valence-electron chi connectivity index (χ1n) is 11.1. The number of hydrogen-bond acceptors (Lipinski definition) is 3. The maximum absolute atomic E-state index is 13.7. The Balaban J connectivity index is 2.39. The van der Waals surface area contributed by atoms with E-state index >= 15 is 0 Å². The van der Waals surface area contributed by atoms with Crippen LogP contribution in [-0.2, 0) is 14.9 Å². The third-order valence-electron chi connectivity index (χ3n) is 5.92. The summed E-state index contributed by atoms with van der Waals surface area (Å²) in [5.41, 5.74) is 4.52. The van der Waals surface area contributed by atoms with Crippen molar-refractivity contribution in [3.63, 3.8) is 0 Å². The van der Waals surface area contributed by atoms with Gasteiger partial charge in [-0.15, -0.1) is 0 Å². The molecule has 1 heterocycles. The number of fused-ring (bicyclic) bond motifs is 1. The van der Waals surface area contributed by atoms with E-state index in [1.807, 2.05) is 32.9 Å². The molecule has 0 aliphatic carbocycles. The summed E-state index contributed by atoms with van der Waals surface area (Å²) in [6.07, 6.45) is 0. The minimum absolute atomic E-state index is 0.111. The van der Waals surface area contributed by atoms with Gasteiger partial charge >= 0.3 is 0 Å². The fraction of sp³-hybridized carbons (Fsp3) is 0.407. The van der Waals surface area contributed by atoms with Gasteiger partial charge in [0.05, 0.1) is 17.8 Å². The van der Waals surface area contributed by atoms with Crippen molar-refractivity contribution in [3.05, 3.63) is 59.0 Å². The van der Waals surface area contributed by atoms with E-state index in [0.29, 0.717) is 23.6 Å². The third kappa shape index (κ3) is 4.71. The second kappa shape index (κ2) is 8.75. The fourth-order valence-corrected chi connectivity index (χ4v) is 4.31. The van der Waals surface area contributed by atoms with Gasteiger partial charge in [0.25, 0.3) is 0 Å². The number of amides is 1. The molecule has 0 saturated heterocycles. The summed E-state index contributed by atoms with van der Waals surface area (Å²) in [5, 5.41) is 12.4. The molecule has 5 nitrogen and oxygen atoms in total. The van der Waals surface area contributed by atoms with Gasteiger partial charge in [-0.3, -0.25) is 4.79 Å². The van der Waals surface area contributed by atoms with Crippen LogP contribution in [0.25, 0.3) is 16.6 Å². The van der Waals surface area contributed by atoms with Crippen LogP contribution in [0.3, 0.4) is 0 Å². The Bertz CT molecular complexity index is 1220. The van der Waals surface area contributed by atoms with Crippen molar-refractivity contribution in [1.82, 2.24) is 4.57 Å². The number of carbonyl (C=O) groups is 1. The molecule has 0 unspecified atom stereocenters. The molecule has 2 aromatic carbocycles. The van der Waals surface area contributed by atoms with E-state index < -0.39 is 5.41 Å². The lowest BCUT2D eigenvalue weighted by atomic mass is 9.87. The van der Waals surface area contributed by atoms with Gasteiger partial charge in [0.15, 0.2) is 0 Å². The SMILES string of the molecule is COCC(C)(C)c1c(C)c2cc(NC(=O)C(C)(C)C)c(C(C)=N)cc2n1-c1ccc(F)cc1. The highest BCUT2D eigenvalue weighted by molar-refractivity contribution is 6.09. The number of anilines is 1.